The van der Waals surface area contributed by atoms with Crippen LogP contribution in [0.3, 0.4) is 0 Å². The van der Waals surface area contributed by atoms with Gasteiger partial charge < -0.3 is 10.2 Å². The van der Waals surface area contributed by atoms with Crippen LogP contribution in [0.1, 0.15) is 5.56 Å². The van der Waals surface area contributed by atoms with Gasteiger partial charge in [0.05, 0.1) is 13.1 Å². The molecule has 1 aromatic carbocycles. The molecule has 1 aliphatic heterocycles. The number of benzene rings is 1. The zero-order chi connectivity index (χ0) is 13.1. The maximum atomic E-state index is 11.4. The Kier molecular flexibility index (Phi) is 3.18. The van der Waals surface area contributed by atoms with Crippen molar-refractivity contribution < 1.29 is 4.79 Å². The molecule has 1 amide bonds. The average Bonchev–Trinajstić information content (AvgIpc) is 2.88. The van der Waals surface area contributed by atoms with E-state index in [2.05, 4.69) is 22.5 Å². The summed E-state index contributed by atoms with van der Waals surface area (Å²) >= 11 is 0. The summed E-state index contributed by atoms with van der Waals surface area (Å²) < 4.78 is 1.90. The van der Waals surface area contributed by atoms with Crippen LogP contribution in [0.25, 0.3) is 0 Å². The summed E-state index contributed by atoms with van der Waals surface area (Å²) in [6.45, 7) is 2.64. The normalized spacial score (nSPS) is 15.4. The topological polar surface area (TPSA) is 50.2 Å². The summed E-state index contributed by atoms with van der Waals surface area (Å²) in [4.78, 5) is 13.4. The van der Waals surface area contributed by atoms with Gasteiger partial charge in [0.15, 0.2) is 5.82 Å². The fraction of sp³-hybridized carbons (Fsp3) is 0.286. The second-order valence-corrected chi connectivity index (χ2v) is 4.63. The quantitative estimate of drug-likeness (QED) is 0.886. The van der Waals surface area contributed by atoms with Crippen molar-refractivity contribution >= 4 is 11.7 Å². The number of nitrogens with one attached hydrogen (secondary N) is 1. The van der Waals surface area contributed by atoms with Crippen LogP contribution in [0.2, 0.25) is 0 Å². The van der Waals surface area contributed by atoms with Crippen LogP contribution in [-0.4, -0.2) is 35.3 Å². The molecule has 1 aliphatic rings. The molecule has 19 heavy (non-hydrogen) atoms. The number of carbonyl (C=O) groups is 1. The van der Waals surface area contributed by atoms with E-state index in [0.29, 0.717) is 13.1 Å². The first kappa shape index (κ1) is 11.8. The molecule has 2 aromatic rings. The number of piperazine rings is 1. The van der Waals surface area contributed by atoms with Crippen molar-refractivity contribution in [1.82, 2.24) is 15.1 Å². The van der Waals surface area contributed by atoms with E-state index in [-0.39, 0.29) is 5.91 Å². The molecule has 3 rings (SSSR count). The lowest BCUT2D eigenvalue weighted by molar-refractivity contribution is -0.120. The van der Waals surface area contributed by atoms with Crippen molar-refractivity contribution in [3.8, 4) is 0 Å². The van der Waals surface area contributed by atoms with Gasteiger partial charge in [-0.2, -0.15) is 5.10 Å². The van der Waals surface area contributed by atoms with Crippen LogP contribution in [0.15, 0.2) is 42.6 Å². The molecule has 1 saturated heterocycles. The van der Waals surface area contributed by atoms with E-state index in [1.165, 1.54) is 5.56 Å². The molecule has 0 radical (unpaired) electrons. The van der Waals surface area contributed by atoms with E-state index in [1.807, 2.05) is 40.0 Å². The Morgan fingerprint density at radius 1 is 1.21 bits per heavy atom. The number of aromatic nitrogens is 2. The second kappa shape index (κ2) is 5.14. The first-order valence-corrected chi connectivity index (χ1v) is 6.40. The van der Waals surface area contributed by atoms with Gasteiger partial charge in [0.2, 0.25) is 5.91 Å². The number of nitrogens with zero attached hydrogens (tertiary/aromatic N) is 3. The molecule has 1 N–H and O–H groups in total. The summed E-state index contributed by atoms with van der Waals surface area (Å²) in [5.41, 5.74) is 1.22. The van der Waals surface area contributed by atoms with Gasteiger partial charge in [-0.05, 0) is 5.56 Å². The molecule has 0 aliphatic carbocycles. The van der Waals surface area contributed by atoms with Crippen molar-refractivity contribution in [2.45, 2.75) is 6.54 Å². The fourth-order valence-electron chi connectivity index (χ4n) is 2.21. The molecule has 0 spiro atoms. The third kappa shape index (κ3) is 2.76. The lowest BCUT2D eigenvalue weighted by Gasteiger charge is -2.26. The van der Waals surface area contributed by atoms with Gasteiger partial charge in [0, 0.05) is 25.4 Å². The van der Waals surface area contributed by atoms with Gasteiger partial charge in [0.1, 0.15) is 0 Å². The van der Waals surface area contributed by atoms with E-state index in [9.17, 15) is 4.79 Å². The van der Waals surface area contributed by atoms with Gasteiger partial charge in [-0.1, -0.05) is 30.3 Å². The van der Waals surface area contributed by atoms with E-state index in [0.717, 1.165) is 18.9 Å². The van der Waals surface area contributed by atoms with Crippen LogP contribution in [0.4, 0.5) is 5.82 Å². The number of carbonyl (C=O) groups excluding carboxylic acids is 1. The van der Waals surface area contributed by atoms with Crippen LogP contribution in [0, 0.1) is 0 Å². The van der Waals surface area contributed by atoms with Crippen molar-refractivity contribution in [2.24, 2.45) is 0 Å². The fourth-order valence-corrected chi connectivity index (χ4v) is 2.21. The average molecular weight is 256 g/mol. The highest BCUT2D eigenvalue weighted by atomic mass is 16.2. The number of rotatable bonds is 3. The summed E-state index contributed by atoms with van der Waals surface area (Å²) in [7, 11) is 0. The molecule has 0 unspecified atom stereocenters. The van der Waals surface area contributed by atoms with Crippen molar-refractivity contribution in [1.29, 1.82) is 0 Å². The molecule has 1 fully saturated rings. The third-order valence-corrected chi connectivity index (χ3v) is 3.18. The summed E-state index contributed by atoms with van der Waals surface area (Å²) in [5.74, 6) is 0.926. The second-order valence-electron chi connectivity index (χ2n) is 4.63. The molecule has 2 heterocycles. The van der Waals surface area contributed by atoms with Crippen molar-refractivity contribution in [3.05, 3.63) is 48.2 Å². The van der Waals surface area contributed by atoms with Gasteiger partial charge in [-0.25, -0.2) is 0 Å². The summed E-state index contributed by atoms with van der Waals surface area (Å²) in [5, 5.41) is 7.34. The molecule has 1 aromatic heterocycles. The van der Waals surface area contributed by atoms with Gasteiger partial charge >= 0.3 is 0 Å². The lowest BCUT2D eigenvalue weighted by atomic mass is 10.2. The highest BCUT2D eigenvalue weighted by molar-refractivity contribution is 5.82. The zero-order valence-electron chi connectivity index (χ0n) is 10.6. The maximum Gasteiger partial charge on any atom is 0.239 e. The van der Waals surface area contributed by atoms with Crippen LogP contribution >= 0.6 is 0 Å². The number of anilines is 1. The van der Waals surface area contributed by atoms with Crippen molar-refractivity contribution in [3.63, 3.8) is 0 Å². The molecule has 98 valence electrons. The van der Waals surface area contributed by atoms with Crippen LogP contribution in [-0.2, 0) is 11.3 Å². The Labute approximate surface area is 111 Å². The van der Waals surface area contributed by atoms with E-state index in [4.69, 9.17) is 0 Å². The molecule has 5 nitrogen and oxygen atoms in total. The first-order valence-electron chi connectivity index (χ1n) is 6.40. The van der Waals surface area contributed by atoms with Gasteiger partial charge in [-0.15, -0.1) is 0 Å². The van der Waals surface area contributed by atoms with E-state index in [1.54, 1.807) is 0 Å². The first-order chi connectivity index (χ1) is 9.31. The van der Waals surface area contributed by atoms with Crippen molar-refractivity contribution in [2.75, 3.05) is 24.5 Å². The standard InChI is InChI=1S/C14H16N4O/c19-14-11-17(9-7-15-14)13-6-8-18(16-13)10-12-4-2-1-3-5-12/h1-6,8H,7,9-11H2,(H,15,19). The van der Waals surface area contributed by atoms with Gasteiger partial charge in [-0.3, -0.25) is 9.48 Å². The number of hydrogen-bond donors (Lipinski definition) is 1. The Balaban J connectivity index is 1.71. The predicted octanol–water partition coefficient (Wildman–Crippen LogP) is 0.868. The minimum atomic E-state index is 0.0591. The molecule has 0 saturated carbocycles. The minimum absolute atomic E-state index is 0.0591. The molecule has 0 atom stereocenters. The monoisotopic (exact) mass is 256 g/mol. The molecule has 5 heteroatoms. The smallest absolute Gasteiger partial charge is 0.239 e. The SMILES string of the molecule is O=C1CN(c2ccn(Cc3ccccc3)n2)CCN1. The summed E-state index contributed by atoms with van der Waals surface area (Å²) in [6, 6.07) is 12.2. The van der Waals surface area contributed by atoms with E-state index >= 15 is 0 Å². The third-order valence-electron chi connectivity index (χ3n) is 3.18. The molecule has 0 bridgehead atoms. The lowest BCUT2D eigenvalue weighted by Crippen LogP contribution is -2.47. The Morgan fingerprint density at radius 2 is 2.05 bits per heavy atom. The summed E-state index contributed by atoms with van der Waals surface area (Å²) in [6.07, 6.45) is 1.95. The predicted molar refractivity (Wildman–Crippen MR) is 73.0 cm³/mol. The Hall–Kier alpha value is -2.30. The van der Waals surface area contributed by atoms with Crippen LogP contribution in [0.5, 0.6) is 0 Å². The highest BCUT2D eigenvalue weighted by Gasteiger charge is 2.18. The Morgan fingerprint density at radius 3 is 2.84 bits per heavy atom. The largest absolute Gasteiger partial charge is 0.353 e. The highest BCUT2D eigenvalue weighted by Crippen LogP contribution is 2.12. The number of hydrogen-bond acceptors (Lipinski definition) is 3. The van der Waals surface area contributed by atoms with E-state index < -0.39 is 0 Å². The maximum absolute atomic E-state index is 11.4. The van der Waals surface area contributed by atoms with Gasteiger partial charge in [0.25, 0.3) is 0 Å². The Bertz CT molecular complexity index is 564. The zero-order valence-corrected chi connectivity index (χ0v) is 10.6. The number of amides is 1. The molecular weight excluding hydrogens is 240 g/mol. The van der Waals surface area contributed by atoms with Crippen LogP contribution < -0.4 is 10.2 Å². The minimum Gasteiger partial charge on any atom is -0.353 e. The molecular formula is C14H16N4O.